The van der Waals surface area contributed by atoms with Gasteiger partial charge >= 0.3 is 5.97 Å². The number of tetrazole rings is 1. The largest absolute Gasteiger partial charge is 0.458 e. The number of ether oxygens (including phenoxy) is 1. The molecule has 1 aromatic carbocycles. The van der Waals surface area contributed by atoms with Crippen LogP contribution in [-0.4, -0.2) is 32.3 Å². The smallest absolute Gasteiger partial charge is 0.341 e. The first-order valence-corrected chi connectivity index (χ1v) is 9.12. The molecule has 0 aliphatic heterocycles. The average molecular weight is 360 g/mol. The van der Waals surface area contributed by atoms with Crippen LogP contribution < -0.4 is 0 Å². The normalized spacial score (nSPS) is 23.2. The minimum Gasteiger partial charge on any atom is -0.458 e. The number of aromatic nitrogens is 4. The summed E-state index contributed by atoms with van der Waals surface area (Å²) in [5.74, 6) is 0.560. The molecule has 1 aliphatic carbocycles. The quantitative estimate of drug-likeness (QED) is 0.777. The maximum atomic E-state index is 14.5. The van der Waals surface area contributed by atoms with Crippen molar-refractivity contribution in [2.75, 3.05) is 0 Å². The van der Waals surface area contributed by atoms with Crippen LogP contribution >= 0.6 is 0 Å². The van der Waals surface area contributed by atoms with Crippen molar-refractivity contribution in [1.82, 2.24) is 20.2 Å². The summed E-state index contributed by atoms with van der Waals surface area (Å²) in [7, 11) is 0. The second kappa shape index (κ2) is 7.51. The predicted molar refractivity (Wildman–Crippen MR) is 94.4 cm³/mol. The van der Waals surface area contributed by atoms with Gasteiger partial charge in [-0.2, -0.15) is 4.68 Å². The van der Waals surface area contributed by atoms with E-state index in [-0.39, 0.29) is 11.7 Å². The molecule has 0 spiro atoms. The average Bonchev–Trinajstić information content (AvgIpc) is 3.00. The van der Waals surface area contributed by atoms with Gasteiger partial charge in [0, 0.05) is 6.07 Å². The van der Waals surface area contributed by atoms with Crippen molar-refractivity contribution in [2.24, 2.45) is 17.8 Å². The van der Waals surface area contributed by atoms with E-state index in [1.807, 2.05) is 0 Å². The molecule has 0 radical (unpaired) electrons. The molecule has 1 saturated carbocycles. The van der Waals surface area contributed by atoms with Crippen molar-refractivity contribution in [3.63, 3.8) is 0 Å². The van der Waals surface area contributed by atoms with E-state index < -0.39 is 11.8 Å². The number of aryl methyl sites for hydroxylation is 1. The summed E-state index contributed by atoms with van der Waals surface area (Å²) >= 11 is 0. The van der Waals surface area contributed by atoms with Crippen LogP contribution in [0, 0.1) is 30.5 Å². The maximum Gasteiger partial charge on any atom is 0.341 e. The molecule has 3 atom stereocenters. The van der Waals surface area contributed by atoms with Crippen LogP contribution in [0.2, 0.25) is 0 Å². The van der Waals surface area contributed by atoms with E-state index >= 15 is 0 Å². The Morgan fingerprint density at radius 2 is 2.12 bits per heavy atom. The lowest BCUT2D eigenvalue weighted by molar-refractivity contribution is -0.0177. The Labute approximate surface area is 152 Å². The van der Waals surface area contributed by atoms with Crippen LogP contribution in [0.3, 0.4) is 0 Å². The van der Waals surface area contributed by atoms with Crippen LogP contribution in [-0.2, 0) is 4.74 Å². The molecule has 0 bridgehead atoms. The number of rotatable bonds is 4. The highest BCUT2D eigenvalue weighted by atomic mass is 19.1. The molecule has 6 nitrogen and oxygen atoms in total. The molecule has 2 aromatic rings. The molecule has 0 saturated heterocycles. The number of carbonyl (C=O) groups is 1. The number of halogens is 1. The van der Waals surface area contributed by atoms with Gasteiger partial charge < -0.3 is 4.74 Å². The van der Waals surface area contributed by atoms with E-state index in [1.54, 1.807) is 13.0 Å². The van der Waals surface area contributed by atoms with Gasteiger partial charge in [0.15, 0.2) is 5.82 Å². The van der Waals surface area contributed by atoms with Gasteiger partial charge in [-0.25, -0.2) is 9.18 Å². The molecule has 1 aliphatic rings. The Kier molecular flexibility index (Phi) is 5.34. The van der Waals surface area contributed by atoms with Crippen LogP contribution in [0.1, 0.15) is 56.2 Å². The number of carbonyl (C=O) groups excluding carboxylic acids is 1. The molecule has 0 unspecified atom stereocenters. The molecule has 1 aromatic heterocycles. The van der Waals surface area contributed by atoms with E-state index in [1.165, 1.54) is 16.8 Å². The second-order valence-corrected chi connectivity index (χ2v) is 7.57. The first-order valence-electron chi connectivity index (χ1n) is 9.12. The third-order valence-corrected chi connectivity index (χ3v) is 5.26. The molecule has 1 heterocycles. The number of hydrogen-bond donors (Lipinski definition) is 0. The van der Waals surface area contributed by atoms with Crippen molar-refractivity contribution in [3.05, 3.63) is 35.4 Å². The Balaban J connectivity index is 1.78. The minimum absolute atomic E-state index is 0.0554. The van der Waals surface area contributed by atoms with E-state index in [0.29, 0.717) is 29.3 Å². The zero-order valence-corrected chi connectivity index (χ0v) is 15.6. The van der Waals surface area contributed by atoms with Gasteiger partial charge in [-0.15, -0.1) is 5.10 Å². The van der Waals surface area contributed by atoms with Gasteiger partial charge in [0.25, 0.3) is 0 Å². The van der Waals surface area contributed by atoms with Gasteiger partial charge in [-0.1, -0.05) is 27.2 Å². The first kappa shape index (κ1) is 18.5. The summed E-state index contributed by atoms with van der Waals surface area (Å²) in [6.07, 6.45) is 2.85. The molecule has 7 heteroatoms. The molecule has 3 rings (SSSR count). The third-order valence-electron chi connectivity index (χ3n) is 5.26. The fraction of sp³-hybridized carbons (Fsp3) is 0.579. The summed E-state index contributed by atoms with van der Waals surface area (Å²) in [6.45, 7) is 8.17. The molecule has 0 N–H and O–H groups in total. The van der Waals surface area contributed by atoms with Crippen molar-refractivity contribution in [1.29, 1.82) is 0 Å². The van der Waals surface area contributed by atoms with Gasteiger partial charge in [-0.3, -0.25) is 0 Å². The van der Waals surface area contributed by atoms with Gasteiger partial charge in [-0.05, 0) is 60.1 Å². The lowest BCUT2D eigenvalue weighted by Crippen LogP contribution is -2.36. The Hall–Kier alpha value is -2.31. The molecule has 26 heavy (non-hydrogen) atoms. The fourth-order valence-corrected chi connectivity index (χ4v) is 3.72. The standard InChI is InChI=1S/C19H25FN4O2/c1-11(2)15-7-5-12(3)9-18(15)26-19(25)16-8-6-14(10-17(16)20)24-13(4)21-22-23-24/h6,8,10-12,15,18H,5,7,9H2,1-4H3/t12-,15+,18-/m1/s1. The third kappa shape index (κ3) is 3.76. The van der Waals surface area contributed by atoms with E-state index in [0.717, 1.165) is 19.3 Å². The van der Waals surface area contributed by atoms with Gasteiger partial charge in [0.05, 0.1) is 11.3 Å². The zero-order valence-electron chi connectivity index (χ0n) is 15.6. The predicted octanol–water partition coefficient (Wildman–Crippen LogP) is 3.73. The van der Waals surface area contributed by atoms with Gasteiger partial charge in [0.2, 0.25) is 0 Å². The second-order valence-electron chi connectivity index (χ2n) is 7.57. The van der Waals surface area contributed by atoms with Crippen LogP contribution in [0.4, 0.5) is 4.39 Å². The van der Waals surface area contributed by atoms with Crippen molar-refractivity contribution in [2.45, 2.75) is 53.1 Å². The van der Waals surface area contributed by atoms with Crippen molar-refractivity contribution in [3.8, 4) is 5.69 Å². The highest BCUT2D eigenvalue weighted by Gasteiger charge is 2.34. The van der Waals surface area contributed by atoms with Crippen LogP contribution in [0.5, 0.6) is 0 Å². The Bertz CT molecular complexity index is 790. The highest BCUT2D eigenvalue weighted by Crippen LogP contribution is 2.35. The lowest BCUT2D eigenvalue weighted by Gasteiger charge is -2.36. The van der Waals surface area contributed by atoms with Crippen molar-refractivity contribution < 1.29 is 13.9 Å². The maximum absolute atomic E-state index is 14.5. The number of benzene rings is 1. The van der Waals surface area contributed by atoms with Gasteiger partial charge in [0.1, 0.15) is 11.9 Å². The molecule has 140 valence electrons. The molecular formula is C19H25FN4O2. The van der Waals surface area contributed by atoms with E-state index in [2.05, 4.69) is 36.3 Å². The summed E-state index contributed by atoms with van der Waals surface area (Å²) < 4.78 is 21.7. The SMILES string of the molecule is Cc1nnnn1-c1ccc(C(=O)O[C@@H]2C[C@H](C)CC[C@H]2C(C)C)c(F)c1. The summed E-state index contributed by atoms with van der Waals surface area (Å²) in [6, 6.07) is 4.31. The van der Waals surface area contributed by atoms with Crippen LogP contribution in [0.25, 0.3) is 5.69 Å². The topological polar surface area (TPSA) is 69.9 Å². The first-order chi connectivity index (χ1) is 12.4. The minimum atomic E-state index is -0.632. The van der Waals surface area contributed by atoms with Crippen LogP contribution in [0.15, 0.2) is 18.2 Å². The monoisotopic (exact) mass is 360 g/mol. The molecule has 0 amide bonds. The highest BCUT2D eigenvalue weighted by molar-refractivity contribution is 5.90. The molecule has 1 fully saturated rings. The number of hydrogen-bond acceptors (Lipinski definition) is 5. The molecular weight excluding hydrogens is 335 g/mol. The number of nitrogens with zero attached hydrogens (tertiary/aromatic N) is 4. The van der Waals surface area contributed by atoms with E-state index in [4.69, 9.17) is 4.74 Å². The van der Waals surface area contributed by atoms with E-state index in [9.17, 15) is 9.18 Å². The Morgan fingerprint density at radius 1 is 1.35 bits per heavy atom. The summed E-state index contributed by atoms with van der Waals surface area (Å²) in [5, 5.41) is 11.1. The summed E-state index contributed by atoms with van der Waals surface area (Å²) in [4.78, 5) is 12.6. The lowest BCUT2D eigenvalue weighted by atomic mass is 9.75. The van der Waals surface area contributed by atoms with Crippen molar-refractivity contribution >= 4 is 5.97 Å². The Morgan fingerprint density at radius 3 is 2.73 bits per heavy atom. The number of esters is 1. The fourth-order valence-electron chi connectivity index (χ4n) is 3.72. The zero-order chi connectivity index (χ0) is 18.8. The summed E-state index contributed by atoms with van der Waals surface area (Å²) in [5.41, 5.74) is 0.410.